The molecule has 21 heavy (non-hydrogen) atoms. The van der Waals surface area contributed by atoms with E-state index < -0.39 is 0 Å². The van der Waals surface area contributed by atoms with Crippen LogP contribution in [0.5, 0.6) is 0 Å². The number of carbonyl (C=O) groups is 1. The van der Waals surface area contributed by atoms with E-state index in [-0.39, 0.29) is 11.8 Å². The minimum atomic E-state index is 0.0165. The van der Waals surface area contributed by atoms with Crippen molar-refractivity contribution >= 4 is 34.8 Å². The summed E-state index contributed by atoms with van der Waals surface area (Å²) in [5.74, 6) is 0.0460. The summed E-state index contributed by atoms with van der Waals surface area (Å²) in [4.78, 5) is 12.0. The molecule has 1 atom stereocenters. The summed E-state index contributed by atoms with van der Waals surface area (Å²) in [7, 11) is 0. The van der Waals surface area contributed by atoms with Crippen molar-refractivity contribution in [2.75, 3.05) is 5.32 Å². The van der Waals surface area contributed by atoms with Crippen LogP contribution in [0, 0.1) is 13.8 Å². The number of carbonyl (C=O) groups excluding carboxylic acids is 1. The van der Waals surface area contributed by atoms with Gasteiger partial charge in [0.1, 0.15) is 0 Å². The molecule has 0 saturated heterocycles. The van der Waals surface area contributed by atoms with Crippen LogP contribution in [0.15, 0.2) is 30.3 Å². The topological polar surface area (TPSA) is 29.1 Å². The second kappa shape index (κ2) is 5.36. The molecule has 108 valence electrons. The van der Waals surface area contributed by atoms with Gasteiger partial charge in [-0.25, -0.2) is 0 Å². The number of hydrogen-bond donors (Lipinski definition) is 1. The van der Waals surface area contributed by atoms with Gasteiger partial charge in [0.05, 0.1) is 10.0 Å². The molecule has 2 aromatic rings. The average molecular weight is 320 g/mol. The van der Waals surface area contributed by atoms with Crippen molar-refractivity contribution in [3.8, 4) is 0 Å². The first-order valence-electron chi connectivity index (χ1n) is 6.81. The van der Waals surface area contributed by atoms with E-state index in [0.29, 0.717) is 16.5 Å². The van der Waals surface area contributed by atoms with Crippen LogP contribution in [0.3, 0.4) is 0 Å². The van der Waals surface area contributed by atoms with E-state index in [1.54, 1.807) is 6.07 Å². The van der Waals surface area contributed by atoms with Gasteiger partial charge in [-0.05, 0) is 54.3 Å². The zero-order valence-corrected chi connectivity index (χ0v) is 13.3. The van der Waals surface area contributed by atoms with E-state index in [2.05, 4.69) is 18.3 Å². The molecule has 1 aliphatic heterocycles. The Labute approximate surface area is 134 Å². The van der Waals surface area contributed by atoms with Gasteiger partial charge in [0.25, 0.3) is 0 Å². The lowest BCUT2D eigenvalue weighted by atomic mass is 9.83. The highest BCUT2D eigenvalue weighted by molar-refractivity contribution is 6.42. The largest absolute Gasteiger partial charge is 0.326 e. The van der Waals surface area contributed by atoms with E-state index in [1.807, 2.05) is 25.1 Å². The Morgan fingerprint density at radius 2 is 1.76 bits per heavy atom. The number of benzene rings is 2. The zero-order valence-electron chi connectivity index (χ0n) is 11.8. The molecule has 1 N–H and O–H groups in total. The van der Waals surface area contributed by atoms with Crippen LogP contribution in [-0.2, 0) is 4.79 Å². The van der Waals surface area contributed by atoms with Gasteiger partial charge in [0.2, 0.25) is 5.91 Å². The summed E-state index contributed by atoms with van der Waals surface area (Å²) in [6, 6.07) is 9.76. The molecule has 0 fully saturated rings. The molecule has 0 radical (unpaired) electrons. The Hall–Kier alpha value is -1.51. The first-order valence-corrected chi connectivity index (χ1v) is 7.57. The maximum Gasteiger partial charge on any atom is 0.225 e. The van der Waals surface area contributed by atoms with Crippen LogP contribution in [0.1, 0.15) is 34.6 Å². The number of fused-ring (bicyclic) bond motifs is 1. The van der Waals surface area contributed by atoms with Crippen LogP contribution < -0.4 is 5.32 Å². The quantitative estimate of drug-likeness (QED) is 0.779. The molecule has 0 bridgehead atoms. The Balaban J connectivity index is 2.14. The number of amides is 1. The molecule has 0 aromatic heterocycles. The fourth-order valence-corrected chi connectivity index (χ4v) is 3.06. The van der Waals surface area contributed by atoms with Crippen LogP contribution in [-0.4, -0.2) is 5.91 Å². The third-order valence-electron chi connectivity index (χ3n) is 4.05. The van der Waals surface area contributed by atoms with Crippen LogP contribution in [0.4, 0.5) is 5.69 Å². The molecule has 0 spiro atoms. The molecule has 0 saturated carbocycles. The summed E-state index contributed by atoms with van der Waals surface area (Å²) >= 11 is 12.1. The lowest BCUT2D eigenvalue weighted by molar-refractivity contribution is -0.116. The number of hydrogen-bond acceptors (Lipinski definition) is 1. The normalized spacial score (nSPS) is 17.3. The predicted molar refractivity (Wildman–Crippen MR) is 87.5 cm³/mol. The second-order valence-corrected chi connectivity index (χ2v) is 6.32. The molecule has 1 amide bonds. The van der Waals surface area contributed by atoms with Crippen LogP contribution in [0.25, 0.3) is 0 Å². The molecule has 1 heterocycles. The molecule has 4 heteroatoms. The van der Waals surface area contributed by atoms with Crippen molar-refractivity contribution in [3.63, 3.8) is 0 Å². The van der Waals surface area contributed by atoms with Gasteiger partial charge in [0, 0.05) is 18.0 Å². The number of aryl methyl sites for hydroxylation is 2. The molecule has 1 unspecified atom stereocenters. The monoisotopic (exact) mass is 319 g/mol. The zero-order chi connectivity index (χ0) is 15.1. The molecule has 3 rings (SSSR count). The van der Waals surface area contributed by atoms with Gasteiger partial charge in [-0.1, -0.05) is 35.3 Å². The summed E-state index contributed by atoms with van der Waals surface area (Å²) in [5, 5.41) is 4.00. The van der Waals surface area contributed by atoms with Crippen LogP contribution in [0.2, 0.25) is 10.0 Å². The van der Waals surface area contributed by atoms with E-state index >= 15 is 0 Å². The van der Waals surface area contributed by atoms with Gasteiger partial charge in [0.15, 0.2) is 0 Å². The average Bonchev–Trinajstić information content (AvgIpc) is 2.43. The van der Waals surface area contributed by atoms with E-state index in [4.69, 9.17) is 23.2 Å². The SMILES string of the molecule is Cc1cc2c(cc1C)C(c1ccc(Cl)c(Cl)c1)CC(=O)N2. The minimum Gasteiger partial charge on any atom is -0.326 e. The van der Waals surface area contributed by atoms with Gasteiger partial charge in [-0.15, -0.1) is 0 Å². The lowest BCUT2D eigenvalue weighted by Gasteiger charge is -2.27. The van der Waals surface area contributed by atoms with E-state index in [1.165, 1.54) is 11.1 Å². The smallest absolute Gasteiger partial charge is 0.225 e. The molecular weight excluding hydrogens is 305 g/mol. The van der Waals surface area contributed by atoms with E-state index in [9.17, 15) is 4.79 Å². The first kappa shape index (κ1) is 14.4. The minimum absolute atomic E-state index is 0.0165. The molecule has 1 aliphatic rings. The highest BCUT2D eigenvalue weighted by Crippen LogP contribution is 2.39. The molecule has 2 nitrogen and oxygen atoms in total. The van der Waals surface area contributed by atoms with Gasteiger partial charge in [-0.2, -0.15) is 0 Å². The van der Waals surface area contributed by atoms with Crippen LogP contribution >= 0.6 is 23.2 Å². The number of anilines is 1. The number of nitrogens with one attached hydrogen (secondary N) is 1. The molecule has 0 aliphatic carbocycles. The summed E-state index contributed by atoms with van der Waals surface area (Å²) in [6.45, 7) is 4.13. The number of halogens is 2. The lowest BCUT2D eigenvalue weighted by Crippen LogP contribution is -2.23. The number of rotatable bonds is 1. The van der Waals surface area contributed by atoms with Crippen molar-refractivity contribution in [2.24, 2.45) is 0 Å². The second-order valence-electron chi connectivity index (χ2n) is 5.50. The van der Waals surface area contributed by atoms with Gasteiger partial charge < -0.3 is 5.32 Å². The Kier molecular flexibility index (Phi) is 3.68. The maximum atomic E-state index is 12.0. The Morgan fingerprint density at radius 3 is 2.48 bits per heavy atom. The summed E-state index contributed by atoms with van der Waals surface area (Å²) < 4.78 is 0. The highest BCUT2D eigenvalue weighted by Gasteiger charge is 2.27. The summed E-state index contributed by atoms with van der Waals surface area (Å²) in [5.41, 5.74) is 5.43. The van der Waals surface area contributed by atoms with Gasteiger partial charge >= 0.3 is 0 Å². The third-order valence-corrected chi connectivity index (χ3v) is 4.79. The van der Waals surface area contributed by atoms with Crippen molar-refractivity contribution < 1.29 is 4.79 Å². The maximum absolute atomic E-state index is 12.0. The fraction of sp³-hybridized carbons (Fsp3) is 0.235. The van der Waals surface area contributed by atoms with Gasteiger partial charge in [-0.3, -0.25) is 4.79 Å². The Bertz CT molecular complexity index is 740. The highest BCUT2D eigenvalue weighted by atomic mass is 35.5. The van der Waals surface area contributed by atoms with Crippen molar-refractivity contribution in [2.45, 2.75) is 26.2 Å². The molecular formula is C17H15Cl2NO. The Morgan fingerprint density at radius 1 is 1.05 bits per heavy atom. The first-order chi connectivity index (χ1) is 9.95. The fourth-order valence-electron chi connectivity index (χ4n) is 2.76. The molecule has 2 aromatic carbocycles. The predicted octanol–water partition coefficient (Wildman–Crippen LogP) is 5.08. The van der Waals surface area contributed by atoms with Crippen molar-refractivity contribution in [1.29, 1.82) is 0 Å². The third kappa shape index (κ3) is 2.66. The summed E-state index contributed by atoms with van der Waals surface area (Å²) in [6.07, 6.45) is 0.424. The standard InChI is InChI=1S/C17H15Cl2NO/c1-9-5-13-12(11-3-4-14(18)15(19)7-11)8-17(21)20-16(13)6-10(9)2/h3-7,12H,8H2,1-2H3,(H,20,21). The van der Waals surface area contributed by atoms with Crippen molar-refractivity contribution in [1.82, 2.24) is 0 Å². The van der Waals surface area contributed by atoms with E-state index in [0.717, 1.165) is 16.8 Å². The van der Waals surface area contributed by atoms with Crippen molar-refractivity contribution in [3.05, 3.63) is 62.6 Å².